The van der Waals surface area contributed by atoms with Crippen LogP contribution in [0.15, 0.2) is 58.8 Å². The monoisotopic (exact) mass is 242 g/mol. The predicted octanol–water partition coefficient (Wildman–Crippen LogP) is 2.46. The summed E-state index contributed by atoms with van der Waals surface area (Å²) in [6.07, 6.45) is 5.37. The number of nitrogens with two attached hydrogens (primary N) is 1. The van der Waals surface area contributed by atoms with Gasteiger partial charge in [0.05, 0.1) is 6.20 Å². The van der Waals surface area contributed by atoms with Crippen molar-refractivity contribution in [1.29, 1.82) is 0 Å². The van der Waals surface area contributed by atoms with Gasteiger partial charge in [0.2, 0.25) is 0 Å². The van der Waals surface area contributed by atoms with E-state index < -0.39 is 0 Å². The topological polar surface area (TPSA) is 56.2 Å². The fourth-order valence-corrected chi connectivity index (χ4v) is 2.51. The van der Waals surface area contributed by atoms with E-state index in [9.17, 15) is 0 Å². The first-order valence-electron chi connectivity index (χ1n) is 5.15. The van der Waals surface area contributed by atoms with Crippen molar-refractivity contribution < 1.29 is 0 Å². The molecule has 84 valence electrons. The highest BCUT2D eigenvalue weighted by Gasteiger charge is 2.07. The Morgan fingerprint density at radius 1 is 1.18 bits per heavy atom. The van der Waals surface area contributed by atoms with Crippen LogP contribution in [0.3, 0.4) is 0 Å². The van der Waals surface area contributed by atoms with Gasteiger partial charge in [-0.2, -0.15) is 0 Å². The zero-order valence-corrected chi connectivity index (χ0v) is 9.76. The van der Waals surface area contributed by atoms with Crippen molar-refractivity contribution in [3.8, 4) is 0 Å². The molecule has 1 aromatic carbocycles. The summed E-state index contributed by atoms with van der Waals surface area (Å²) in [6.45, 7) is 0. The van der Waals surface area contributed by atoms with Gasteiger partial charge in [-0.1, -0.05) is 30.0 Å². The van der Waals surface area contributed by atoms with Crippen molar-refractivity contribution >= 4 is 23.2 Å². The van der Waals surface area contributed by atoms with Gasteiger partial charge in [-0.15, -0.1) is 0 Å². The molecule has 0 fully saturated rings. The second-order valence-corrected chi connectivity index (χ2v) is 4.61. The average molecular weight is 242 g/mol. The summed E-state index contributed by atoms with van der Waals surface area (Å²) < 4.78 is 1.88. The van der Waals surface area contributed by atoms with Crippen LogP contribution in [0.1, 0.15) is 0 Å². The van der Waals surface area contributed by atoms with E-state index in [4.69, 9.17) is 5.73 Å². The summed E-state index contributed by atoms with van der Waals surface area (Å²) in [5, 5.41) is 0.821. The number of anilines is 1. The Balaban J connectivity index is 2.08. The maximum absolute atomic E-state index is 5.76. The largest absolute Gasteiger partial charge is 0.382 e. The number of fused-ring (bicyclic) bond motifs is 1. The summed E-state index contributed by atoms with van der Waals surface area (Å²) in [4.78, 5) is 9.73. The molecular weight excluding hydrogens is 232 g/mol. The number of imidazole rings is 1. The van der Waals surface area contributed by atoms with Crippen molar-refractivity contribution in [1.82, 2.24) is 14.4 Å². The van der Waals surface area contributed by atoms with Crippen molar-refractivity contribution in [2.75, 3.05) is 5.73 Å². The van der Waals surface area contributed by atoms with E-state index in [1.807, 2.05) is 40.9 Å². The smallest absolute Gasteiger partial charge is 0.170 e. The molecule has 0 amide bonds. The van der Waals surface area contributed by atoms with Crippen LogP contribution in [0.25, 0.3) is 5.65 Å². The summed E-state index contributed by atoms with van der Waals surface area (Å²) >= 11 is 1.56. The molecule has 0 radical (unpaired) electrons. The maximum Gasteiger partial charge on any atom is 0.170 e. The highest BCUT2D eigenvalue weighted by molar-refractivity contribution is 7.99. The number of aromatic nitrogens is 3. The molecule has 0 aliphatic heterocycles. The lowest BCUT2D eigenvalue weighted by Crippen LogP contribution is -1.97. The van der Waals surface area contributed by atoms with Crippen LogP contribution in [0, 0.1) is 0 Å². The molecule has 5 heteroatoms. The third-order valence-corrected chi connectivity index (χ3v) is 3.29. The molecule has 0 unspecified atom stereocenters. The first-order valence-corrected chi connectivity index (χ1v) is 5.97. The van der Waals surface area contributed by atoms with Crippen LogP contribution in [-0.4, -0.2) is 14.4 Å². The molecule has 0 spiro atoms. The molecule has 0 bridgehead atoms. The molecule has 2 heterocycles. The normalized spacial score (nSPS) is 10.8. The van der Waals surface area contributed by atoms with Crippen LogP contribution >= 0.6 is 11.8 Å². The minimum Gasteiger partial charge on any atom is -0.382 e. The van der Waals surface area contributed by atoms with Crippen LogP contribution in [-0.2, 0) is 0 Å². The van der Waals surface area contributed by atoms with Crippen molar-refractivity contribution in [2.45, 2.75) is 9.92 Å². The first-order chi connectivity index (χ1) is 8.33. The van der Waals surface area contributed by atoms with E-state index in [2.05, 4.69) is 9.97 Å². The number of nitrogen functional groups attached to an aromatic ring is 1. The molecule has 0 saturated heterocycles. The Morgan fingerprint density at radius 3 is 2.82 bits per heavy atom. The van der Waals surface area contributed by atoms with Gasteiger partial charge in [-0.05, 0) is 12.1 Å². The lowest BCUT2D eigenvalue weighted by molar-refractivity contribution is 1.04. The Bertz CT molecular complexity index is 648. The number of nitrogens with zero attached hydrogens (tertiary/aromatic N) is 3. The minimum absolute atomic E-state index is 0.494. The molecule has 0 aliphatic carbocycles. The molecule has 2 N–H and O–H groups in total. The molecule has 2 aromatic heterocycles. The Hall–Kier alpha value is -2.01. The maximum atomic E-state index is 5.76. The quantitative estimate of drug-likeness (QED) is 0.750. The molecule has 0 saturated carbocycles. The summed E-state index contributed by atoms with van der Waals surface area (Å²) in [5.41, 5.74) is 6.59. The van der Waals surface area contributed by atoms with Gasteiger partial charge in [0.15, 0.2) is 5.65 Å². The van der Waals surface area contributed by atoms with Crippen molar-refractivity contribution in [3.63, 3.8) is 0 Å². The molecule has 3 aromatic rings. The predicted molar refractivity (Wildman–Crippen MR) is 68.0 cm³/mol. The zero-order chi connectivity index (χ0) is 11.7. The van der Waals surface area contributed by atoms with E-state index >= 15 is 0 Å². The van der Waals surface area contributed by atoms with Crippen molar-refractivity contribution in [3.05, 3.63) is 48.9 Å². The Morgan fingerprint density at radius 2 is 2.00 bits per heavy atom. The van der Waals surface area contributed by atoms with Crippen LogP contribution < -0.4 is 5.73 Å². The van der Waals surface area contributed by atoms with Crippen LogP contribution in [0.2, 0.25) is 0 Å². The van der Waals surface area contributed by atoms with E-state index in [0.29, 0.717) is 5.82 Å². The van der Waals surface area contributed by atoms with E-state index in [-0.39, 0.29) is 0 Å². The molecule has 0 atom stereocenters. The molecule has 4 nitrogen and oxygen atoms in total. The molecule has 0 aliphatic rings. The first kappa shape index (κ1) is 10.2. The van der Waals surface area contributed by atoms with Gasteiger partial charge >= 0.3 is 0 Å². The minimum atomic E-state index is 0.494. The fourth-order valence-electron chi connectivity index (χ4n) is 1.59. The molecular formula is C12H10N4S. The summed E-state index contributed by atoms with van der Waals surface area (Å²) in [5.74, 6) is 0.494. The number of hydrogen-bond acceptors (Lipinski definition) is 4. The van der Waals surface area contributed by atoms with Gasteiger partial charge in [0.25, 0.3) is 0 Å². The standard InChI is InChI=1S/C12H10N4S/c13-10-8-16-7-6-14-11(16)12(15-10)17-9-4-2-1-3-5-9/h1-8H,13H2. The third kappa shape index (κ3) is 1.97. The van der Waals surface area contributed by atoms with Crippen LogP contribution in [0.4, 0.5) is 5.82 Å². The SMILES string of the molecule is Nc1cn2ccnc2c(Sc2ccccc2)n1. The second-order valence-electron chi connectivity index (χ2n) is 3.54. The highest BCUT2D eigenvalue weighted by Crippen LogP contribution is 2.28. The highest BCUT2D eigenvalue weighted by atomic mass is 32.2. The van der Waals surface area contributed by atoms with Crippen LogP contribution in [0.5, 0.6) is 0 Å². The third-order valence-electron chi connectivity index (χ3n) is 2.32. The van der Waals surface area contributed by atoms with Gasteiger partial charge in [-0.3, -0.25) is 0 Å². The zero-order valence-electron chi connectivity index (χ0n) is 8.95. The van der Waals surface area contributed by atoms with E-state index in [0.717, 1.165) is 15.6 Å². The van der Waals surface area contributed by atoms with Gasteiger partial charge in [0, 0.05) is 17.3 Å². The van der Waals surface area contributed by atoms with E-state index in [1.165, 1.54) is 0 Å². The number of rotatable bonds is 2. The van der Waals surface area contributed by atoms with Gasteiger partial charge < -0.3 is 10.1 Å². The Kier molecular flexibility index (Phi) is 2.45. The summed E-state index contributed by atoms with van der Waals surface area (Å²) in [6, 6.07) is 10.1. The molecule has 3 rings (SSSR count). The van der Waals surface area contributed by atoms with Crippen molar-refractivity contribution in [2.24, 2.45) is 0 Å². The molecule has 17 heavy (non-hydrogen) atoms. The second kappa shape index (κ2) is 4.10. The van der Waals surface area contributed by atoms with E-state index in [1.54, 1.807) is 24.2 Å². The summed E-state index contributed by atoms with van der Waals surface area (Å²) in [7, 11) is 0. The Labute approximate surface area is 103 Å². The lowest BCUT2D eigenvalue weighted by atomic mass is 10.4. The number of benzene rings is 1. The number of hydrogen-bond donors (Lipinski definition) is 1. The van der Waals surface area contributed by atoms with Gasteiger partial charge in [-0.25, -0.2) is 9.97 Å². The fraction of sp³-hybridized carbons (Fsp3) is 0. The van der Waals surface area contributed by atoms with Gasteiger partial charge in [0.1, 0.15) is 10.8 Å². The lowest BCUT2D eigenvalue weighted by Gasteiger charge is -2.04. The average Bonchev–Trinajstić information content (AvgIpc) is 2.78.